The molecule has 0 N–H and O–H groups in total. The molecule has 0 aromatic heterocycles. The summed E-state index contributed by atoms with van der Waals surface area (Å²) in [5.74, 6) is 0. The van der Waals surface area contributed by atoms with Crippen LogP contribution in [-0.2, 0) is 46.1 Å². The normalized spacial score (nSPS) is 14.5. The molecule has 0 amide bonds. The van der Waals surface area contributed by atoms with Gasteiger partial charge < -0.3 is 0 Å². The van der Waals surface area contributed by atoms with Gasteiger partial charge in [-0.2, -0.15) is 0 Å². The molecule has 0 saturated carbocycles. The Balaban J connectivity index is 0.00000283. The summed E-state index contributed by atoms with van der Waals surface area (Å²) in [6, 6.07) is 40.6. The molecule has 2 aliphatic rings. The van der Waals surface area contributed by atoms with E-state index >= 15 is 0 Å². The Bertz CT molecular complexity index is 2640. The third kappa shape index (κ3) is 6.80. The van der Waals surface area contributed by atoms with Crippen molar-refractivity contribution in [3.8, 4) is 11.1 Å². The molecule has 8 rings (SSSR count). The molecular formula is C55H64Cl2Hf. The van der Waals surface area contributed by atoms with Crippen LogP contribution in [0.25, 0.3) is 32.7 Å². The van der Waals surface area contributed by atoms with Gasteiger partial charge in [-0.1, -0.05) is 0 Å². The van der Waals surface area contributed by atoms with Crippen LogP contribution in [0.2, 0.25) is 0 Å². The van der Waals surface area contributed by atoms with Crippen LogP contribution in [0.3, 0.4) is 0 Å². The molecule has 2 aliphatic carbocycles. The first-order chi connectivity index (χ1) is 26.1. The molecule has 0 unspecified atom stereocenters. The van der Waals surface area contributed by atoms with Crippen molar-refractivity contribution in [1.82, 2.24) is 0 Å². The summed E-state index contributed by atoms with van der Waals surface area (Å²) < 4.78 is 12.1. The van der Waals surface area contributed by atoms with E-state index in [9.17, 15) is 0 Å². The summed E-state index contributed by atoms with van der Waals surface area (Å²) in [4.78, 5) is 0. The zero-order valence-electron chi connectivity index (χ0n) is 37.0. The van der Waals surface area contributed by atoms with Crippen LogP contribution in [0, 0.1) is 0 Å². The van der Waals surface area contributed by atoms with Crippen molar-refractivity contribution < 1.29 is 18.0 Å². The van der Waals surface area contributed by atoms with E-state index < -0.39 is 18.0 Å². The quantitative estimate of drug-likeness (QED) is 0.154. The molecular weight excluding hydrogens is 910 g/mol. The third-order valence-electron chi connectivity index (χ3n) is 13.3. The van der Waals surface area contributed by atoms with Gasteiger partial charge in [0, 0.05) is 0 Å². The molecule has 0 bridgehead atoms. The van der Waals surface area contributed by atoms with Crippen LogP contribution in [0.4, 0.5) is 0 Å². The van der Waals surface area contributed by atoms with E-state index in [0.717, 1.165) is 12.8 Å². The third-order valence-corrected chi connectivity index (χ3v) is 37.1. The van der Waals surface area contributed by atoms with Gasteiger partial charge >= 0.3 is 341 Å². The Kier molecular flexibility index (Phi) is 11.2. The van der Waals surface area contributed by atoms with Crippen LogP contribution in [0.15, 0.2) is 125 Å². The fourth-order valence-electron chi connectivity index (χ4n) is 10.5. The summed E-state index contributed by atoms with van der Waals surface area (Å²) in [6.45, 7) is 29.0. The average Bonchev–Trinajstić information content (AvgIpc) is 3.81. The Morgan fingerprint density at radius 3 is 1.41 bits per heavy atom. The molecule has 0 radical (unpaired) electrons. The van der Waals surface area contributed by atoms with E-state index in [1.165, 1.54) is 76.0 Å². The minimum absolute atomic E-state index is 0. The Morgan fingerprint density at radius 2 is 0.966 bits per heavy atom. The molecule has 6 aromatic carbocycles. The van der Waals surface area contributed by atoms with Crippen molar-refractivity contribution in [1.29, 1.82) is 0 Å². The van der Waals surface area contributed by atoms with Crippen molar-refractivity contribution in [3.63, 3.8) is 0 Å². The van der Waals surface area contributed by atoms with Gasteiger partial charge in [0.05, 0.1) is 0 Å². The number of allylic oxidation sites excluding steroid dienone is 4. The zero-order chi connectivity index (χ0) is 40.2. The van der Waals surface area contributed by atoms with Gasteiger partial charge in [-0.3, -0.25) is 0 Å². The first kappa shape index (κ1) is 44.2. The summed E-state index contributed by atoms with van der Waals surface area (Å²) >= 11 is -5.45. The van der Waals surface area contributed by atoms with Crippen LogP contribution in [0.5, 0.6) is 0 Å². The van der Waals surface area contributed by atoms with E-state index in [1.54, 1.807) is 3.32 Å². The summed E-state index contributed by atoms with van der Waals surface area (Å²) in [6.07, 6.45) is 9.05. The number of hydrogen-bond acceptors (Lipinski definition) is 0. The van der Waals surface area contributed by atoms with Gasteiger partial charge in [-0.25, -0.2) is 0 Å². The molecule has 0 saturated heterocycles. The predicted molar refractivity (Wildman–Crippen MR) is 260 cm³/mol. The number of benzene rings is 6. The number of halogens is 2. The Labute approximate surface area is 362 Å². The van der Waals surface area contributed by atoms with E-state index in [2.05, 4.69) is 204 Å². The van der Waals surface area contributed by atoms with Crippen LogP contribution < -0.4 is 9.96 Å². The van der Waals surface area contributed by atoms with E-state index in [4.69, 9.17) is 4.26 Å². The summed E-state index contributed by atoms with van der Waals surface area (Å²) in [7, 11) is 0. The molecule has 0 aliphatic heterocycles. The number of fused-ring (bicyclic) bond motifs is 5. The first-order valence-corrected chi connectivity index (χ1v) is 30.6. The topological polar surface area (TPSA) is 0 Å². The number of hydrogen-bond donors (Lipinski definition) is 0. The summed E-state index contributed by atoms with van der Waals surface area (Å²) in [5.41, 5.74) is 11.5. The zero-order valence-corrected chi connectivity index (χ0v) is 42.2. The van der Waals surface area contributed by atoms with Crippen molar-refractivity contribution >= 4 is 60.6 Å². The van der Waals surface area contributed by atoms with Gasteiger partial charge in [0.15, 0.2) is 0 Å². The second kappa shape index (κ2) is 14.7. The van der Waals surface area contributed by atoms with E-state index in [-0.39, 0.29) is 46.5 Å². The number of rotatable bonds is 4. The van der Waals surface area contributed by atoms with E-state index in [0.29, 0.717) is 0 Å². The first-order valence-electron chi connectivity index (χ1n) is 20.9. The molecule has 302 valence electrons. The van der Waals surface area contributed by atoms with Gasteiger partial charge in [0.25, 0.3) is 0 Å². The summed E-state index contributed by atoms with van der Waals surface area (Å²) in [5, 5.41) is 5.14. The maximum absolute atomic E-state index is 6.07. The van der Waals surface area contributed by atoms with Gasteiger partial charge in [-0.15, -0.1) is 24.8 Å². The van der Waals surface area contributed by atoms with Crippen molar-refractivity contribution in [2.45, 2.75) is 118 Å². The predicted octanol–water partition coefficient (Wildman–Crippen LogP) is 13.8. The monoisotopic (exact) mass is 974 g/mol. The minimum atomic E-state index is -5.45. The Hall–Kier alpha value is -3.36. The molecule has 0 heterocycles. The maximum atomic E-state index is 6.07. The second-order valence-electron chi connectivity index (χ2n) is 21.3. The molecule has 0 fully saturated rings. The van der Waals surface area contributed by atoms with Crippen LogP contribution in [-0.4, -0.2) is 4.26 Å². The average molecular weight is 975 g/mol. The van der Waals surface area contributed by atoms with Gasteiger partial charge in [-0.05, 0) is 0 Å². The molecule has 0 nitrogen and oxygen atoms in total. The van der Waals surface area contributed by atoms with Gasteiger partial charge in [0.1, 0.15) is 0 Å². The van der Waals surface area contributed by atoms with E-state index in [1.807, 2.05) is 0 Å². The van der Waals surface area contributed by atoms with Crippen molar-refractivity contribution in [3.05, 3.63) is 158 Å². The molecule has 0 atom stereocenters. The van der Waals surface area contributed by atoms with Crippen molar-refractivity contribution in [2.24, 2.45) is 0 Å². The Morgan fingerprint density at radius 1 is 0.500 bits per heavy atom. The molecule has 3 heteroatoms. The van der Waals surface area contributed by atoms with Crippen LogP contribution in [0.1, 0.15) is 123 Å². The van der Waals surface area contributed by atoms with Crippen LogP contribution >= 0.6 is 24.8 Å². The van der Waals surface area contributed by atoms with Crippen molar-refractivity contribution in [2.75, 3.05) is 0 Å². The SMILES string of the molecule is Cl.Cl.[CH2]=[Hf]([C]1=CC=CC1)([c]1ccc2ccccc2c1)([c]1ccc2ccccc2c1)[c]1c2c(cc(C(C)(C)C)c1C(C)(C)C)-c1cc(C(C)(C)C)c(C(C)(C)C)cc1C2. The molecule has 6 aromatic rings. The fourth-order valence-corrected chi connectivity index (χ4v) is 35.0. The second-order valence-corrected chi connectivity index (χ2v) is 40.1. The standard InChI is InChI=1S/C29H41.2C10H7.C5H5.CH2.2ClH.Hf/c1-26(2,3)22-14-18-13-19-15-23(27(4,5)6)25(29(10,11)12)17-21(19)20(18)16-24(22)28(7,8)9;2*1-2-6-10-8-4-3-7-9(10)5-1;1-2-4-5-3-1;;;;/h14,16-17H,13H2,1-12H3;2*1-3,5-8H;1-3H,4H2;1H2;2*1H;. The van der Waals surface area contributed by atoms with Gasteiger partial charge in [0.2, 0.25) is 0 Å². The molecule has 0 spiro atoms. The molecule has 58 heavy (non-hydrogen) atoms. The fraction of sp³-hybridized carbons (Fsp3) is 0.327.